The number of likely N-dealkylation sites (N-methyl/N-ethyl adjacent to an activating group) is 2. The van der Waals surface area contributed by atoms with Crippen LogP contribution in [0.25, 0.3) is 0 Å². The zero-order valence-electron chi connectivity index (χ0n) is 29.0. The summed E-state index contributed by atoms with van der Waals surface area (Å²) in [6.07, 6.45) is 7.87. The monoisotopic (exact) mass is 654 g/mol. The number of amides is 3. The van der Waals surface area contributed by atoms with E-state index >= 15 is 0 Å². The van der Waals surface area contributed by atoms with Gasteiger partial charge >= 0.3 is 0 Å². The van der Waals surface area contributed by atoms with Gasteiger partial charge in [0.25, 0.3) is 0 Å². The molecule has 262 valence electrons. The molecule has 1 fully saturated rings. The average molecular weight is 655 g/mol. The van der Waals surface area contributed by atoms with Crippen molar-refractivity contribution in [2.24, 2.45) is 17.8 Å². The molecular formula is C36H58N6O5. The third kappa shape index (κ3) is 13.4. The number of aromatic nitrogens is 2. The first-order valence-electron chi connectivity index (χ1n) is 17.3. The van der Waals surface area contributed by atoms with Gasteiger partial charge in [-0.3, -0.25) is 14.4 Å². The summed E-state index contributed by atoms with van der Waals surface area (Å²) in [5.74, 6) is -1.19. The van der Waals surface area contributed by atoms with Crippen LogP contribution in [-0.4, -0.2) is 106 Å². The van der Waals surface area contributed by atoms with Crippen molar-refractivity contribution in [2.75, 3.05) is 34.2 Å². The maximum Gasteiger partial charge on any atom is 0.243 e. The number of nitrogens with one attached hydrogen (secondary N) is 3. The first-order chi connectivity index (χ1) is 22.4. The van der Waals surface area contributed by atoms with Gasteiger partial charge in [-0.1, -0.05) is 76.3 Å². The summed E-state index contributed by atoms with van der Waals surface area (Å²) in [5, 5.41) is 28.2. The summed E-state index contributed by atoms with van der Waals surface area (Å²) in [6.45, 7) is 5.20. The summed E-state index contributed by atoms with van der Waals surface area (Å²) >= 11 is 0. The van der Waals surface area contributed by atoms with Crippen molar-refractivity contribution >= 4 is 17.7 Å². The number of benzene rings is 1. The van der Waals surface area contributed by atoms with Crippen LogP contribution in [0.2, 0.25) is 0 Å². The molecule has 0 bridgehead atoms. The second-order valence-electron chi connectivity index (χ2n) is 14.1. The Labute approximate surface area is 280 Å². The molecule has 0 radical (unpaired) electrons. The molecule has 5 atom stereocenters. The van der Waals surface area contributed by atoms with Crippen molar-refractivity contribution in [3.8, 4) is 0 Å². The van der Waals surface area contributed by atoms with E-state index in [0.717, 1.165) is 31.2 Å². The molecule has 1 aromatic heterocycles. The molecule has 1 aromatic carbocycles. The largest absolute Gasteiger partial charge is 0.390 e. The van der Waals surface area contributed by atoms with Crippen LogP contribution < -0.4 is 10.6 Å². The lowest BCUT2D eigenvalue weighted by molar-refractivity contribution is -0.137. The van der Waals surface area contributed by atoms with Crippen molar-refractivity contribution in [1.29, 1.82) is 0 Å². The lowest BCUT2D eigenvalue weighted by Crippen LogP contribution is -2.56. The van der Waals surface area contributed by atoms with Crippen LogP contribution in [0.1, 0.15) is 76.5 Å². The van der Waals surface area contributed by atoms with Gasteiger partial charge in [0.05, 0.1) is 24.4 Å². The van der Waals surface area contributed by atoms with Crippen LogP contribution in [0.5, 0.6) is 0 Å². The fourth-order valence-corrected chi connectivity index (χ4v) is 6.35. The molecule has 3 amide bonds. The molecule has 0 spiro atoms. The van der Waals surface area contributed by atoms with Gasteiger partial charge in [0, 0.05) is 44.9 Å². The second kappa shape index (κ2) is 19.5. The molecule has 3 rings (SSSR count). The Kier molecular flexibility index (Phi) is 15.9. The molecule has 11 nitrogen and oxygen atoms in total. The van der Waals surface area contributed by atoms with E-state index in [0.29, 0.717) is 44.0 Å². The van der Waals surface area contributed by atoms with Gasteiger partial charge in [0.2, 0.25) is 17.7 Å². The summed E-state index contributed by atoms with van der Waals surface area (Å²) in [4.78, 5) is 52.0. The molecule has 2 aromatic rings. The molecule has 5 N–H and O–H groups in total. The van der Waals surface area contributed by atoms with Crippen LogP contribution in [0.4, 0.5) is 0 Å². The van der Waals surface area contributed by atoms with Crippen LogP contribution in [0.15, 0.2) is 42.9 Å². The minimum absolute atomic E-state index is 0.00648. The third-order valence-electron chi connectivity index (χ3n) is 9.20. The summed E-state index contributed by atoms with van der Waals surface area (Å²) in [7, 11) is 5.63. The fourth-order valence-electron chi connectivity index (χ4n) is 6.35. The van der Waals surface area contributed by atoms with Crippen LogP contribution in [0, 0.1) is 17.8 Å². The van der Waals surface area contributed by atoms with Gasteiger partial charge in [-0.05, 0) is 50.8 Å². The summed E-state index contributed by atoms with van der Waals surface area (Å²) in [6, 6.07) is 7.88. The number of hydrogen-bond acceptors (Lipinski definition) is 7. The average Bonchev–Trinajstić information content (AvgIpc) is 3.56. The number of aliphatic hydroxyl groups excluding tert-OH is 2. The van der Waals surface area contributed by atoms with E-state index in [9.17, 15) is 24.6 Å². The minimum atomic E-state index is -1.15. The van der Waals surface area contributed by atoms with Gasteiger partial charge < -0.3 is 35.6 Å². The van der Waals surface area contributed by atoms with E-state index in [-0.39, 0.29) is 24.7 Å². The number of imidazole rings is 1. The first kappa shape index (κ1) is 38.2. The number of carbonyl (C=O) groups is 3. The predicted molar refractivity (Wildman–Crippen MR) is 183 cm³/mol. The quantitative estimate of drug-likeness (QED) is 0.156. The maximum absolute atomic E-state index is 14.0. The summed E-state index contributed by atoms with van der Waals surface area (Å²) < 4.78 is 0. The van der Waals surface area contributed by atoms with Gasteiger partial charge in [0.1, 0.15) is 12.1 Å². The van der Waals surface area contributed by atoms with E-state index in [1.807, 2.05) is 63.2 Å². The molecule has 0 aliphatic heterocycles. The Hall–Kier alpha value is -3.28. The Morgan fingerprint density at radius 3 is 2.28 bits per heavy atom. The molecule has 1 saturated carbocycles. The molecular weight excluding hydrogens is 596 g/mol. The Balaban J connectivity index is 1.83. The molecule has 47 heavy (non-hydrogen) atoms. The topological polar surface area (TPSA) is 151 Å². The third-order valence-corrected chi connectivity index (χ3v) is 9.20. The lowest BCUT2D eigenvalue weighted by atomic mass is 9.82. The Morgan fingerprint density at radius 2 is 1.66 bits per heavy atom. The minimum Gasteiger partial charge on any atom is -0.390 e. The van der Waals surface area contributed by atoms with Crippen molar-refractivity contribution in [3.05, 3.63) is 54.1 Å². The highest BCUT2D eigenvalue weighted by Gasteiger charge is 2.34. The van der Waals surface area contributed by atoms with E-state index in [1.54, 1.807) is 18.1 Å². The van der Waals surface area contributed by atoms with Crippen molar-refractivity contribution < 1.29 is 24.6 Å². The highest BCUT2D eigenvalue weighted by atomic mass is 16.3. The van der Waals surface area contributed by atoms with Crippen molar-refractivity contribution in [3.63, 3.8) is 0 Å². The smallest absolute Gasteiger partial charge is 0.243 e. The Bertz CT molecular complexity index is 1200. The number of aromatic amines is 1. The standard InChI is InChI=1S/C36H58N6O5/c1-25(2)18-32(43)34(45)30(20-27-14-10-7-11-15-27)39-36(47)31(22-29-23-37-24-38-29)40-35(46)28(19-26-12-8-6-9-13-26)21-33(44)42(5)17-16-41(3)4/h6,8-9,12-13,23-25,27-28,30-32,34,43,45H,7,10-11,14-22H2,1-5H3,(H,37,38)(H,39,47)(H,40,46)/t28-,30+,31?,32+,34-/m1/s1. The number of aliphatic hydroxyl groups is 2. The molecule has 1 aliphatic carbocycles. The molecule has 1 heterocycles. The van der Waals surface area contributed by atoms with E-state index in [1.165, 1.54) is 12.7 Å². The predicted octanol–water partition coefficient (Wildman–Crippen LogP) is 2.93. The number of carbonyl (C=O) groups excluding carboxylic acids is 3. The summed E-state index contributed by atoms with van der Waals surface area (Å²) in [5.41, 5.74) is 1.58. The highest BCUT2D eigenvalue weighted by molar-refractivity contribution is 5.91. The maximum atomic E-state index is 14.0. The van der Waals surface area contributed by atoms with Crippen molar-refractivity contribution in [2.45, 2.75) is 102 Å². The number of H-pyrrole nitrogens is 1. The van der Waals surface area contributed by atoms with Gasteiger partial charge in [0.15, 0.2) is 0 Å². The zero-order chi connectivity index (χ0) is 34.3. The van der Waals surface area contributed by atoms with Crippen LogP contribution >= 0.6 is 0 Å². The fraction of sp³-hybridized carbons (Fsp3) is 0.667. The molecule has 0 saturated heterocycles. The molecule has 1 aliphatic rings. The van der Waals surface area contributed by atoms with Crippen LogP contribution in [-0.2, 0) is 27.2 Å². The molecule has 11 heteroatoms. The van der Waals surface area contributed by atoms with E-state index in [4.69, 9.17) is 0 Å². The number of rotatable bonds is 19. The lowest BCUT2D eigenvalue weighted by Gasteiger charge is -2.34. The zero-order valence-corrected chi connectivity index (χ0v) is 29.0. The van der Waals surface area contributed by atoms with Gasteiger partial charge in [-0.15, -0.1) is 0 Å². The highest BCUT2D eigenvalue weighted by Crippen LogP contribution is 2.29. The first-order valence-corrected chi connectivity index (χ1v) is 17.3. The SMILES string of the molecule is CC(C)C[C@H](O)[C@H](O)[C@H](CC1CCCCC1)NC(=O)C(Cc1cnc[nH]1)NC(=O)[C@@H](CC(=O)N(C)CCN(C)C)Cc1ccccc1. The van der Waals surface area contributed by atoms with Gasteiger partial charge in [-0.25, -0.2) is 4.98 Å². The Morgan fingerprint density at radius 1 is 0.957 bits per heavy atom. The van der Waals surface area contributed by atoms with E-state index < -0.39 is 42.0 Å². The number of hydrogen-bond donors (Lipinski definition) is 5. The van der Waals surface area contributed by atoms with Crippen molar-refractivity contribution in [1.82, 2.24) is 30.4 Å². The van der Waals surface area contributed by atoms with E-state index in [2.05, 4.69) is 20.6 Å². The van der Waals surface area contributed by atoms with Gasteiger partial charge in [-0.2, -0.15) is 0 Å². The van der Waals surface area contributed by atoms with Crippen LogP contribution in [0.3, 0.4) is 0 Å². The molecule has 1 unspecified atom stereocenters. The number of nitrogens with zero attached hydrogens (tertiary/aromatic N) is 3. The second-order valence-corrected chi connectivity index (χ2v) is 14.1. The normalized spacial score (nSPS) is 17.1.